The van der Waals surface area contributed by atoms with Crippen LogP contribution in [0.5, 0.6) is 0 Å². The first-order chi connectivity index (χ1) is 10.6. The SMILES string of the molecule is COC(CNC(=O)[C@@H](NC(C)=O)C(C)(C)C)c1cccc(F)c1. The van der Waals surface area contributed by atoms with Gasteiger partial charge < -0.3 is 15.4 Å². The minimum atomic E-state index is -0.662. The summed E-state index contributed by atoms with van der Waals surface area (Å²) in [5.74, 6) is -0.929. The zero-order valence-electron chi connectivity index (χ0n) is 14.3. The fourth-order valence-corrected chi connectivity index (χ4v) is 2.22. The largest absolute Gasteiger partial charge is 0.375 e. The van der Waals surface area contributed by atoms with Crippen molar-refractivity contribution in [3.05, 3.63) is 35.6 Å². The number of amides is 2. The van der Waals surface area contributed by atoms with Gasteiger partial charge in [-0.05, 0) is 23.1 Å². The van der Waals surface area contributed by atoms with Crippen molar-refractivity contribution in [1.29, 1.82) is 0 Å². The molecule has 0 aliphatic carbocycles. The number of hydrogen-bond donors (Lipinski definition) is 2. The van der Waals surface area contributed by atoms with Crippen molar-refractivity contribution in [2.24, 2.45) is 5.41 Å². The molecule has 0 saturated carbocycles. The molecule has 0 bridgehead atoms. The molecule has 5 nitrogen and oxygen atoms in total. The summed E-state index contributed by atoms with van der Waals surface area (Å²) >= 11 is 0. The quantitative estimate of drug-likeness (QED) is 0.843. The number of nitrogens with one attached hydrogen (secondary N) is 2. The Labute approximate surface area is 136 Å². The summed E-state index contributed by atoms with van der Waals surface area (Å²) in [6.45, 7) is 7.16. The summed E-state index contributed by atoms with van der Waals surface area (Å²) in [6.07, 6.45) is -0.465. The number of ether oxygens (including phenoxy) is 1. The Balaban J connectivity index is 2.76. The molecule has 0 heterocycles. The van der Waals surface area contributed by atoms with E-state index in [-0.39, 0.29) is 24.2 Å². The maximum Gasteiger partial charge on any atom is 0.243 e. The van der Waals surface area contributed by atoms with Gasteiger partial charge in [0.25, 0.3) is 0 Å². The Hall–Kier alpha value is -1.95. The van der Waals surface area contributed by atoms with Crippen LogP contribution in [-0.2, 0) is 14.3 Å². The lowest BCUT2D eigenvalue weighted by molar-refractivity contribution is -0.131. The van der Waals surface area contributed by atoms with Gasteiger partial charge in [-0.3, -0.25) is 9.59 Å². The summed E-state index contributed by atoms with van der Waals surface area (Å²) < 4.78 is 18.6. The molecule has 0 saturated heterocycles. The summed E-state index contributed by atoms with van der Waals surface area (Å²) in [5.41, 5.74) is 0.205. The van der Waals surface area contributed by atoms with E-state index in [4.69, 9.17) is 4.74 Å². The molecule has 23 heavy (non-hydrogen) atoms. The first-order valence-electron chi connectivity index (χ1n) is 7.48. The van der Waals surface area contributed by atoms with Crippen LogP contribution in [-0.4, -0.2) is 31.5 Å². The molecule has 1 unspecified atom stereocenters. The molecular formula is C17H25FN2O3. The molecule has 1 aromatic rings. The minimum absolute atomic E-state index is 0.185. The second kappa shape index (κ2) is 8.06. The predicted molar refractivity (Wildman–Crippen MR) is 86.2 cm³/mol. The van der Waals surface area contributed by atoms with Crippen LogP contribution in [0.25, 0.3) is 0 Å². The standard InChI is InChI=1S/C17H25FN2O3/c1-11(21)20-15(17(2,3)4)16(22)19-10-14(23-5)12-7-6-8-13(18)9-12/h6-9,14-15H,10H2,1-5H3,(H,19,22)(H,20,21)/t14?,15-/m1/s1. The van der Waals surface area contributed by atoms with Gasteiger partial charge in [-0.15, -0.1) is 0 Å². The monoisotopic (exact) mass is 324 g/mol. The summed E-state index contributed by atoms with van der Waals surface area (Å²) in [4.78, 5) is 23.7. The van der Waals surface area contributed by atoms with Gasteiger partial charge in [0.1, 0.15) is 11.9 Å². The number of carbonyl (C=O) groups excluding carboxylic acids is 2. The molecule has 0 radical (unpaired) electrons. The van der Waals surface area contributed by atoms with Crippen LogP contribution in [0, 0.1) is 11.2 Å². The van der Waals surface area contributed by atoms with Gasteiger partial charge >= 0.3 is 0 Å². The molecule has 0 aliphatic heterocycles. The number of carbonyl (C=O) groups is 2. The van der Waals surface area contributed by atoms with Crippen molar-refractivity contribution in [2.75, 3.05) is 13.7 Å². The second-order valence-electron chi connectivity index (χ2n) is 6.52. The number of methoxy groups -OCH3 is 1. The van der Waals surface area contributed by atoms with E-state index in [0.29, 0.717) is 5.56 Å². The highest BCUT2D eigenvalue weighted by molar-refractivity contribution is 5.87. The van der Waals surface area contributed by atoms with Crippen LogP contribution in [0.4, 0.5) is 4.39 Å². The van der Waals surface area contributed by atoms with Crippen LogP contribution in [0.15, 0.2) is 24.3 Å². The van der Waals surface area contributed by atoms with E-state index in [1.165, 1.54) is 26.2 Å². The minimum Gasteiger partial charge on any atom is -0.375 e. The van der Waals surface area contributed by atoms with Gasteiger partial charge in [0.15, 0.2) is 0 Å². The van der Waals surface area contributed by atoms with Crippen LogP contribution < -0.4 is 10.6 Å². The first-order valence-corrected chi connectivity index (χ1v) is 7.48. The molecule has 6 heteroatoms. The third kappa shape index (κ3) is 5.98. The van der Waals surface area contributed by atoms with Gasteiger partial charge in [-0.25, -0.2) is 4.39 Å². The average molecular weight is 324 g/mol. The first kappa shape index (κ1) is 19.1. The van der Waals surface area contributed by atoms with Crippen molar-refractivity contribution < 1.29 is 18.7 Å². The average Bonchev–Trinajstić information content (AvgIpc) is 2.44. The predicted octanol–water partition coefficient (Wildman–Crippen LogP) is 2.18. The topological polar surface area (TPSA) is 67.4 Å². The Morgan fingerprint density at radius 1 is 1.30 bits per heavy atom. The zero-order valence-corrected chi connectivity index (χ0v) is 14.3. The Morgan fingerprint density at radius 2 is 1.96 bits per heavy atom. The number of halogens is 1. The van der Waals surface area contributed by atoms with E-state index < -0.39 is 17.6 Å². The molecule has 1 aromatic carbocycles. The molecule has 0 aromatic heterocycles. The Kier molecular flexibility index (Phi) is 6.69. The Morgan fingerprint density at radius 3 is 2.43 bits per heavy atom. The van der Waals surface area contributed by atoms with E-state index in [1.807, 2.05) is 20.8 Å². The number of rotatable bonds is 6. The van der Waals surface area contributed by atoms with Crippen molar-refractivity contribution in [1.82, 2.24) is 10.6 Å². The normalized spacial score (nSPS) is 14.0. The van der Waals surface area contributed by atoms with Crippen molar-refractivity contribution in [2.45, 2.75) is 39.8 Å². The molecule has 0 fully saturated rings. The van der Waals surface area contributed by atoms with Crippen LogP contribution >= 0.6 is 0 Å². The second-order valence-corrected chi connectivity index (χ2v) is 6.52. The molecule has 2 amide bonds. The maximum absolute atomic E-state index is 13.3. The Bertz CT molecular complexity index is 555. The van der Waals surface area contributed by atoms with Gasteiger partial charge in [-0.1, -0.05) is 32.9 Å². The van der Waals surface area contributed by atoms with Crippen molar-refractivity contribution in [3.63, 3.8) is 0 Å². The van der Waals surface area contributed by atoms with Gasteiger partial charge in [-0.2, -0.15) is 0 Å². The van der Waals surface area contributed by atoms with Crippen molar-refractivity contribution in [3.8, 4) is 0 Å². The zero-order chi connectivity index (χ0) is 17.6. The lowest BCUT2D eigenvalue weighted by Crippen LogP contribution is -2.53. The van der Waals surface area contributed by atoms with Gasteiger partial charge in [0.05, 0.1) is 6.10 Å². The molecule has 2 N–H and O–H groups in total. The lowest BCUT2D eigenvalue weighted by Gasteiger charge is -2.30. The van der Waals surface area contributed by atoms with E-state index in [0.717, 1.165) is 0 Å². The fourth-order valence-electron chi connectivity index (χ4n) is 2.22. The third-order valence-electron chi connectivity index (χ3n) is 3.44. The van der Waals surface area contributed by atoms with Gasteiger partial charge in [0.2, 0.25) is 11.8 Å². The third-order valence-corrected chi connectivity index (χ3v) is 3.44. The van der Waals surface area contributed by atoms with Crippen LogP contribution in [0.2, 0.25) is 0 Å². The highest BCUT2D eigenvalue weighted by Gasteiger charge is 2.32. The molecule has 2 atom stereocenters. The summed E-state index contributed by atoms with van der Waals surface area (Å²) in [5, 5.41) is 5.42. The van der Waals surface area contributed by atoms with E-state index >= 15 is 0 Å². The number of hydrogen-bond acceptors (Lipinski definition) is 3. The summed E-state index contributed by atoms with van der Waals surface area (Å²) in [6, 6.07) is 5.38. The molecular weight excluding hydrogens is 299 g/mol. The summed E-state index contributed by atoms with van der Waals surface area (Å²) in [7, 11) is 1.50. The smallest absolute Gasteiger partial charge is 0.243 e. The van der Waals surface area contributed by atoms with Crippen molar-refractivity contribution >= 4 is 11.8 Å². The lowest BCUT2D eigenvalue weighted by atomic mass is 9.86. The molecule has 0 aliphatic rings. The number of benzene rings is 1. The van der Waals surface area contributed by atoms with Crippen LogP contribution in [0.3, 0.4) is 0 Å². The molecule has 0 spiro atoms. The maximum atomic E-state index is 13.3. The van der Waals surface area contributed by atoms with Crippen LogP contribution in [0.1, 0.15) is 39.4 Å². The highest BCUT2D eigenvalue weighted by Crippen LogP contribution is 2.20. The van der Waals surface area contributed by atoms with E-state index in [9.17, 15) is 14.0 Å². The van der Waals surface area contributed by atoms with Gasteiger partial charge in [0, 0.05) is 20.6 Å². The highest BCUT2D eigenvalue weighted by atomic mass is 19.1. The van der Waals surface area contributed by atoms with E-state index in [2.05, 4.69) is 10.6 Å². The van der Waals surface area contributed by atoms with E-state index in [1.54, 1.807) is 12.1 Å². The molecule has 1 rings (SSSR count). The fraction of sp³-hybridized carbons (Fsp3) is 0.529. The molecule has 128 valence electrons.